The van der Waals surface area contributed by atoms with Crippen LogP contribution in [0.3, 0.4) is 0 Å². The zero-order valence-electron chi connectivity index (χ0n) is 16.2. The van der Waals surface area contributed by atoms with E-state index in [2.05, 4.69) is 19.9 Å². The van der Waals surface area contributed by atoms with Crippen LogP contribution >= 0.6 is 0 Å². The highest BCUT2D eigenvalue weighted by Crippen LogP contribution is 2.34. The summed E-state index contributed by atoms with van der Waals surface area (Å²) in [4.78, 5) is 16.5. The van der Waals surface area contributed by atoms with Gasteiger partial charge in [0.25, 0.3) is 0 Å². The summed E-state index contributed by atoms with van der Waals surface area (Å²) in [6, 6.07) is 6.27. The Morgan fingerprint density at radius 3 is 2.13 bits per heavy atom. The maximum absolute atomic E-state index is 13.1. The molecule has 0 aliphatic heterocycles. The van der Waals surface area contributed by atoms with E-state index in [1.807, 2.05) is 0 Å². The quantitative estimate of drug-likeness (QED) is 0.567. The van der Waals surface area contributed by atoms with Crippen LogP contribution in [0.15, 0.2) is 42.6 Å². The smallest absolute Gasteiger partial charge is 0.384 e. The normalized spacial score (nSPS) is 12.3. The molecule has 0 aromatic carbocycles. The summed E-state index contributed by atoms with van der Waals surface area (Å²) in [5, 5.41) is 0. The van der Waals surface area contributed by atoms with E-state index in [1.165, 1.54) is 29.2 Å². The number of halogens is 6. The van der Waals surface area contributed by atoms with Crippen LogP contribution in [0.25, 0.3) is 11.4 Å². The Morgan fingerprint density at radius 1 is 0.839 bits per heavy atom. The van der Waals surface area contributed by atoms with Crippen molar-refractivity contribution in [3.05, 3.63) is 54.0 Å². The molecule has 3 aromatic rings. The maximum atomic E-state index is 13.1. The van der Waals surface area contributed by atoms with Crippen molar-refractivity contribution in [3.63, 3.8) is 0 Å². The summed E-state index contributed by atoms with van der Waals surface area (Å²) in [7, 11) is 0. The van der Waals surface area contributed by atoms with Crippen molar-refractivity contribution >= 4 is 17.5 Å². The third-order valence-corrected chi connectivity index (χ3v) is 4.08. The van der Waals surface area contributed by atoms with Gasteiger partial charge in [0.2, 0.25) is 5.95 Å². The third kappa shape index (κ3) is 5.01. The minimum absolute atomic E-state index is 0.00986. The van der Waals surface area contributed by atoms with Crippen molar-refractivity contribution in [1.29, 1.82) is 0 Å². The highest BCUT2D eigenvalue weighted by atomic mass is 19.4. The van der Waals surface area contributed by atoms with Gasteiger partial charge in [0.05, 0.1) is 11.4 Å². The first kappa shape index (κ1) is 22.2. The van der Waals surface area contributed by atoms with Crippen LogP contribution in [-0.4, -0.2) is 26.0 Å². The van der Waals surface area contributed by atoms with E-state index in [0.717, 1.165) is 18.3 Å². The Morgan fingerprint density at radius 2 is 1.52 bits per heavy atom. The van der Waals surface area contributed by atoms with Crippen molar-refractivity contribution in [2.45, 2.75) is 32.2 Å². The average Bonchev–Trinajstić information content (AvgIpc) is 2.66. The number of nitrogens with two attached hydrogens (primary N) is 1. The molecule has 3 aromatic heterocycles. The van der Waals surface area contributed by atoms with Gasteiger partial charge < -0.3 is 10.6 Å². The number of alkyl halides is 6. The lowest BCUT2D eigenvalue weighted by molar-refractivity contribution is -0.141. The summed E-state index contributed by atoms with van der Waals surface area (Å²) < 4.78 is 78.3. The number of anilines is 3. The van der Waals surface area contributed by atoms with Gasteiger partial charge in [-0.2, -0.15) is 31.3 Å². The molecule has 0 fully saturated rings. The summed E-state index contributed by atoms with van der Waals surface area (Å²) >= 11 is 0. The molecule has 0 unspecified atom stereocenters. The van der Waals surface area contributed by atoms with Crippen molar-refractivity contribution in [2.24, 2.45) is 0 Å². The van der Waals surface area contributed by atoms with E-state index in [9.17, 15) is 26.3 Å². The second-order valence-corrected chi connectivity index (χ2v) is 6.74. The predicted molar refractivity (Wildman–Crippen MR) is 101 cm³/mol. The van der Waals surface area contributed by atoms with Crippen LogP contribution in [0.5, 0.6) is 0 Å². The molecule has 3 heterocycles. The standard InChI is InChI=1S/C19H16F6N6/c1-10(2)31(11-6-7-27-15(8-11)19(23,24)25)17-29-13(9-16(26)30-17)12-4-3-5-14(28-12)18(20,21)22/h3-10H,1-2H3,(H2,26,29,30). The molecule has 31 heavy (non-hydrogen) atoms. The molecule has 0 atom stereocenters. The summed E-state index contributed by atoms with van der Waals surface area (Å²) in [6.45, 7) is 3.37. The van der Waals surface area contributed by atoms with E-state index < -0.39 is 29.8 Å². The Hall–Kier alpha value is -3.44. The molecule has 0 amide bonds. The van der Waals surface area contributed by atoms with E-state index in [4.69, 9.17) is 5.73 Å². The SMILES string of the molecule is CC(C)N(c1ccnc(C(F)(F)F)c1)c1nc(N)cc(-c2cccc(C(F)(F)F)n2)n1. The molecular weight excluding hydrogens is 426 g/mol. The molecule has 0 saturated heterocycles. The molecule has 164 valence electrons. The van der Waals surface area contributed by atoms with Crippen molar-refractivity contribution in [1.82, 2.24) is 19.9 Å². The fourth-order valence-electron chi connectivity index (χ4n) is 2.80. The minimum atomic E-state index is -4.66. The van der Waals surface area contributed by atoms with Gasteiger partial charge >= 0.3 is 12.4 Å². The van der Waals surface area contributed by atoms with Gasteiger partial charge in [-0.25, -0.2) is 9.97 Å². The largest absolute Gasteiger partial charge is 0.433 e. The first-order valence-corrected chi connectivity index (χ1v) is 8.88. The topological polar surface area (TPSA) is 80.8 Å². The molecular formula is C19H16F6N6. The third-order valence-electron chi connectivity index (χ3n) is 4.08. The summed E-state index contributed by atoms with van der Waals surface area (Å²) in [5.74, 6) is -0.182. The number of hydrogen-bond donors (Lipinski definition) is 1. The lowest BCUT2D eigenvalue weighted by Gasteiger charge is -2.27. The summed E-state index contributed by atoms with van der Waals surface area (Å²) in [5.41, 5.74) is 3.55. The van der Waals surface area contributed by atoms with E-state index >= 15 is 0 Å². The van der Waals surface area contributed by atoms with Gasteiger partial charge in [0.15, 0.2) is 0 Å². The first-order valence-electron chi connectivity index (χ1n) is 8.88. The Balaban J connectivity index is 2.11. The number of nitrogens with zero attached hydrogens (tertiary/aromatic N) is 5. The van der Waals surface area contributed by atoms with Crippen LogP contribution < -0.4 is 10.6 Å². The maximum Gasteiger partial charge on any atom is 0.433 e. The highest BCUT2D eigenvalue weighted by Gasteiger charge is 2.34. The molecule has 0 bridgehead atoms. The molecule has 0 aliphatic carbocycles. The fourth-order valence-corrected chi connectivity index (χ4v) is 2.80. The average molecular weight is 442 g/mol. The van der Waals surface area contributed by atoms with Crippen LogP contribution in [0.1, 0.15) is 25.2 Å². The number of pyridine rings is 2. The lowest BCUT2D eigenvalue weighted by atomic mass is 10.2. The second kappa shape index (κ2) is 8.00. The Bertz CT molecular complexity index is 1080. The summed E-state index contributed by atoms with van der Waals surface area (Å²) in [6.07, 6.45) is -8.33. The van der Waals surface area contributed by atoms with Gasteiger partial charge in [-0.3, -0.25) is 4.98 Å². The van der Waals surface area contributed by atoms with Crippen molar-refractivity contribution in [2.75, 3.05) is 10.6 Å². The zero-order valence-corrected chi connectivity index (χ0v) is 16.2. The number of nitrogen functional groups attached to an aromatic ring is 1. The Labute approximate surface area is 172 Å². The lowest BCUT2D eigenvalue weighted by Crippen LogP contribution is -2.28. The van der Waals surface area contributed by atoms with E-state index in [0.29, 0.717) is 0 Å². The molecule has 0 saturated carbocycles. The van der Waals surface area contributed by atoms with E-state index in [-0.39, 0.29) is 28.8 Å². The monoisotopic (exact) mass is 442 g/mol. The van der Waals surface area contributed by atoms with Gasteiger partial charge in [0.1, 0.15) is 17.2 Å². The molecule has 0 spiro atoms. The van der Waals surface area contributed by atoms with Crippen LogP contribution in [0.2, 0.25) is 0 Å². The van der Waals surface area contributed by atoms with Gasteiger partial charge in [0, 0.05) is 24.0 Å². The molecule has 2 N–H and O–H groups in total. The van der Waals surface area contributed by atoms with Gasteiger partial charge in [-0.15, -0.1) is 0 Å². The van der Waals surface area contributed by atoms with Crippen molar-refractivity contribution < 1.29 is 26.3 Å². The van der Waals surface area contributed by atoms with Crippen LogP contribution in [0.4, 0.5) is 43.8 Å². The number of hydrogen-bond acceptors (Lipinski definition) is 6. The molecule has 12 heteroatoms. The van der Waals surface area contributed by atoms with Gasteiger partial charge in [-0.05, 0) is 38.1 Å². The van der Waals surface area contributed by atoms with Gasteiger partial charge in [-0.1, -0.05) is 6.07 Å². The van der Waals surface area contributed by atoms with Crippen LogP contribution in [0, 0.1) is 0 Å². The number of rotatable bonds is 4. The van der Waals surface area contributed by atoms with Crippen LogP contribution in [-0.2, 0) is 12.4 Å². The first-order chi connectivity index (χ1) is 14.4. The Kier molecular flexibility index (Phi) is 5.74. The zero-order chi connectivity index (χ0) is 23.0. The molecule has 0 aliphatic rings. The number of aromatic nitrogens is 4. The molecule has 3 rings (SSSR count). The molecule has 0 radical (unpaired) electrons. The van der Waals surface area contributed by atoms with Crippen molar-refractivity contribution in [3.8, 4) is 11.4 Å². The predicted octanol–water partition coefficient (Wildman–Crippen LogP) is 5.10. The second-order valence-electron chi connectivity index (χ2n) is 6.74. The minimum Gasteiger partial charge on any atom is -0.384 e. The highest BCUT2D eigenvalue weighted by molar-refractivity contribution is 5.65. The molecule has 6 nitrogen and oxygen atoms in total. The van der Waals surface area contributed by atoms with E-state index in [1.54, 1.807) is 13.8 Å². The fraction of sp³-hybridized carbons (Fsp3) is 0.263.